The lowest BCUT2D eigenvalue weighted by molar-refractivity contribution is -0.121. The molecule has 1 aromatic rings. The number of carbonyl (C=O) groups excluding carboxylic acids is 1. The highest BCUT2D eigenvalue weighted by Gasteiger charge is 2.34. The number of hydrogen-bond donors (Lipinski definition) is 1. The Kier molecular flexibility index (Phi) is 5.36. The zero-order valence-corrected chi connectivity index (χ0v) is 12.9. The highest BCUT2D eigenvalue weighted by atomic mass is 35.5. The van der Waals surface area contributed by atoms with E-state index in [9.17, 15) is 13.6 Å². The van der Waals surface area contributed by atoms with Crippen molar-refractivity contribution in [3.63, 3.8) is 0 Å². The van der Waals surface area contributed by atoms with E-state index in [2.05, 4.69) is 0 Å². The van der Waals surface area contributed by atoms with Crippen molar-refractivity contribution in [2.75, 3.05) is 24.7 Å². The van der Waals surface area contributed by atoms with Gasteiger partial charge in [-0.2, -0.15) is 0 Å². The van der Waals surface area contributed by atoms with Gasteiger partial charge in [0.2, 0.25) is 5.91 Å². The van der Waals surface area contributed by atoms with E-state index >= 15 is 0 Å². The van der Waals surface area contributed by atoms with E-state index in [1.165, 1.54) is 4.90 Å². The Morgan fingerprint density at radius 3 is 2.59 bits per heavy atom. The van der Waals surface area contributed by atoms with E-state index in [0.29, 0.717) is 37.4 Å². The monoisotopic (exact) mass is 332 g/mol. The summed E-state index contributed by atoms with van der Waals surface area (Å²) < 4.78 is 31.9. The zero-order chi connectivity index (χ0) is 15.0. The van der Waals surface area contributed by atoms with E-state index in [1.54, 1.807) is 0 Å². The van der Waals surface area contributed by atoms with Crippen LogP contribution in [0.4, 0.5) is 14.5 Å². The molecular formula is C15H19ClF2N2O2. The average Bonchev–Trinajstić information content (AvgIpc) is 2.90. The molecule has 22 heavy (non-hydrogen) atoms. The van der Waals surface area contributed by atoms with E-state index in [-0.39, 0.29) is 24.2 Å². The molecule has 2 heterocycles. The Labute approximate surface area is 134 Å². The molecule has 0 aliphatic carbocycles. The first-order chi connectivity index (χ1) is 10.1. The predicted octanol–water partition coefficient (Wildman–Crippen LogP) is 2.03. The molecular weight excluding hydrogens is 314 g/mol. The maximum Gasteiger partial charge on any atom is 0.244 e. The van der Waals surface area contributed by atoms with E-state index < -0.39 is 17.7 Å². The van der Waals surface area contributed by atoms with Crippen LogP contribution >= 0.6 is 12.4 Å². The summed E-state index contributed by atoms with van der Waals surface area (Å²) in [6.07, 6.45) is 2.04. The molecule has 1 atom stereocenters. The number of nitrogens with two attached hydrogens (primary N) is 1. The highest BCUT2D eigenvalue weighted by molar-refractivity contribution is 5.99. The number of anilines is 1. The lowest BCUT2D eigenvalue weighted by atomic mass is 9.91. The first kappa shape index (κ1) is 17.1. The summed E-state index contributed by atoms with van der Waals surface area (Å²) in [6.45, 7) is 1.65. The molecule has 3 rings (SSSR count). The van der Waals surface area contributed by atoms with Crippen LogP contribution in [0.1, 0.15) is 18.4 Å². The fourth-order valence-corrected chi connectivity index (χ4v) is 3.07. The lowest BCUT2D eigenvalue weighted by Crippen LogP contribution is -2.48. The second-order valence-corrected chi connectivity index (χ2v) is 5.61. The van der Waals surface area contributed by atoms with E-state index in [1.807, 2.05) is 0 Å². The fourth-order valence-electron chi connectivity index (χ4n) is 3.07. The molecule has 1 saturated heterocycles. The minimum absolute atomic E-state index is 0. The standard InChI is InChI=1S/C15H18F2N2O2.ClH/c16-11-7-10-1-4-19(13(10)8-12(11)17)15(20)14(18)9-2-5-21-6-3-9;/h7-9,14H,1-6,18H2;1H. The molecule has 1 fully saturated rings. The number of carbonyl (C=O) groups is 1. The van der Waals surface area contributed by atoms with Crippen LogP contribution in [0, 0.1) is 17.6 Å². The molecule has 1 unspecified atom stereocenters. The normalized spacial score (nSPS) is 19.5. The average molecular weight is 333 g/mol. The van der Waals surface area contributed by atoms with Gasteiger partial charge in [-0.3, -0.25) is 4.79 Å². The third kappa shape index (κ3) is 3.09. The number of halogens is 3. The third-order valence-corrected chi connectivity index (χ3v) is 4.34. The SMILES string of the molecule is Cl.NC(C(=O)N1CCc2cc(F)c(F)cc21)C1CCOCC1. The Balaban J connectivity index is 0.00000176. The molecule has 0 saturated carbocycles. The summed E-state index contributed by atoms with van der Waals surface area (Å²) in [7, 11) is 0. The summed E-state index contributed by atoms with van der Waals surface area (Å²) in [5.41, 5.74) is 7.18. The van der Waals surface area contributed by atoms with E-state index in [0.717, 1.165) is 25.0 Å². The second kappa shape index (κ2) is 6.89. The Bertz CT molecular complexity index is 565. The molecule has 0 aromatic heterocycles. The number of amides is 1. The van der Waals surface area contributed by atoms with Gasteiger partial charge in [0.1, 0.15) is 0 Å². The predicted molar refractivity (Wildman–Crippen MR) is 81.2 cm³/mol. The van der Waals surface area contributed by atoms with Gasteiger partial charge < -0.3 is 15.4 Å². The van der Waals surface area contributed by atoms with Gasteiger partial charge >= 0.3 is 0 Å². The molecule has 2 N–H and O–H groups in total. The number of ether oxygens (including phenoxy) is 1. The van der Waals surface area contributed by atoms with Gasteiger partial charge in [-0.1, -0.05) is 0 Å². The number of rotatable bonds is 2. The lowest BCUT2D eigenvalue weighted by Gasteiger charge is -2.30. The Morgan fingerprint density at radius 1 is 1.27 bits per heavy atom. The van der Waals surface area contributed by atoms with Crippen molar-refractivity contribution in [2.24, 2.45) is 11.7 Å². The summed E-state index contributed by atoms with van der Waals surface area (Å²) in [5, 5.41) is 0. The van der Waals surface area contributed by atoms with Crippen LogP contribution in [-0.4, -0.2) is 31.7 Å². The number of nitrogens with zero attached hydrogens (tertiary/aromatic N) is 1. The van der Waals surface area contributed by atoms with Crippen molar-refractivity contribution in [2.45, 2.75) is 25.3 Å². The molecule has 1 aromatic carbocycles. The second-order valence-electron chi connectivity index (χ2n) is 5.61. The number of hydrogen-bond acceptors (Lipinski definition) is 3. The molecule has 2 aliphatic heterocycles. The van der Waals surface area contributed by atoms with Crippen LogP contribution in [0.3, 0.4) is 0 Å². The topological polar surface area (TPSA) is 55.6 Å². The van der Waals surface area contributed by atoms with Crippen molar-refractivity contribution in [3.05, 3.63) is 29.3 Å². The minimum Gasteiger partial charge on any atom is -0.381 e. The molecule has 0 bridgehead atoms. The number of benzene rings is 1. The molecule has 0 spiro atoms. The van der Waals surface area contributed by atoms with Gasteiger partial charge in [-0.15, -0.1) is 12.4 Å². The molecule has 7 heteroatoms. The molecule has 4 nitrogen and oxygen atoms in total. The van der Waals surface area contributed by atoms with Crippen LogP contribution in [-0.2, 0) is 16.0 Å². The summed E-state index contributed by atoms with van der Waals surface area (Å²) in [5.74, 6) is -1.95. The highest BCUT2D eigenvalue weighted by Crippen LogP contribution is 2.31. The van der Waals surface area contributed by atoms with Crippen molar-refractivity contribution in [1.82, 2.24) is 0 Å². The smallest absolute Gasteiger partial charge is 0.244 e. The van der Waals surface area contributed by atoms with Crippen molar-refractivity contribution in [3.8, 4) is 0 Å². The van der Waals surface area contributed by atoms with Gasteiger partial charge in [-0.05, 0) is 36.8 Å². The van der Waals surface area contributed by atoms with Crippen molar-refractivity contribution in [1.29, 1.82) is 0 Å². The van der Waals surface area contributed by atoms with Gasteiger partial charge in [0.25, 0.3) is 0 Å². The third-order valence-electron chi connectivity index (χ3n) is 4.34. The Morgan fingerprint density at radius 2 is 1.91 bits per heavy atom. The fraction of sp³-hybridized carbons (Fsp3) is 0.533. The summed E-state index contributed by atoms with van der Waals surface area (Å²) >= 11 is 0. The van der Waals surface area contributed by atoms with Crippen molar-refractivity contribution < 1.29 is 18.3 Å². The van der Waals surface area contributed by atoms with Crippen LogP contribution in [0.15, 0.2) is 12.1 Å². The Hall–Kier alpha value is -1.24. The van der Waals surface area contributed by atoms with Crippen LogP contribution in [0.25, 0.3) is 0 Å². The van der Waals surface area contributed by atoms with Gasteiger partial charge in [-0.25, -0.2) is 8.78 Å². The maximum absolute atomic E-state index is 13.4. The summed E-state index contributed by atoms with van der Waals surface area (Å²) in [6, 6.07) is 1.64. The van der Waals surface area contributed by atoms with Crippen LogP contribution < -0.4 is 10.6 Å². The number of fused-ring (bicyclic) bond motifs is 1. The zero-order valence-electron chi connectivity index (χ0n) is 12.1. The first-order valence-electron chi connectivity index (χ1n) is 7.20. The quantitative estimate of drug-likeness (QED) is 0.901. The molecule has 0 radical (unpaired) electrons. The van der Waals surface area contributed by atoms with Crippen LogP contribution in [0.2, 0.25) is 0 Å². The van der Waals surface area contributed by atoms with Crippen molar-refractivity contribution >= 4 is 24.0 Å². The molecule has 122 valence electrons. The minimum atomic E-state index is -0.937. The first-order valence-corrected chi connectivity index (χ1v) is 7.20. The van der Waals surface area contributed by atoms with Gasteiger partial charge in [0.15, 0.2) is 11.6 Å². The molecule has 1 amide bonds. The summed E-state index contributed by atoms with van der Waals surface area (Å²) in [4.78, 5) is 14.0. The van der Waals surface area contributed by atoms with Gasteiger partial charge in [0.05, 0.1) is 11.7 Å². The maximum atomic E-state index is 13.4. The molecule has 2 aliphatic rings. The van der Waals surface area contributed by atoms with E-state index in [4.69, 9.17) is 10.5 Å². The largest absolute Gasteiger partial charge is 0.381 e. The van der Waals surface area contributed by atoms with Gasteiger partial charge in [0, 0.05) is 25.8 Å². The van der Waals surface area contributed by atoms with Crippen LogP contribution in [0.5, 0.6) is 0 Å².